The van der Waals surface area contributed by atoms with Gasteiger partial charge in [-0.15, -0.1) is 6.58 Å². The van der Waals surface area contributed by atoms with E-state index in [1.165, 1.54) is 0 Å². The first-order chi connectivity index (χ1) is 10.6. The molecular formula is C17H24BrNO3S. The zero-order valence-corrected chi connectivity index (χ0v) is 16.3. The second-order valence-electron chi connectivity index (χ2n) is 6.38. The van der Waals surface area contributed by atoms with Crippen LogP contribution in [-0.4, -0.2) is 25.6 Å². The Morgan fingerprint density at radius 2 is 1.91 bits per heavy atom. The van der Waals surface area contributed by atoms with Crippen molar-refractivity contribution in [2.45, 2.75) is 50.3 Å². The lowest BCUT2D eigenvalue weighted by Crippen LogP contribution is -2.58. The van der Waals surface area contributed by atoms with Crippen molar-refractivity contribution < 1.29 is 14.1 Å². The minimum atomic E-state index is -1.52. The van der Waals surface area contributed by atoms with Crippen LogP contribution in [0.15, 0.2) is 41.4 Å². The molecule has 6 heteroatoms. The van der Waals surface area contributed by atoms with E-state index < -0.39 is 33.2 Å². The topological polar surface area (TPSA) is 66.4 Å². The minimum absolute atomic E-state index is 0.275. The van der Waals surface area contributed by atoms with Crippen LogP contribution in [0.5, 0.6) is 0 Å². The van der Waals surface area contributed by atoms with E-state index >= 15 is 0 Å². The maximum atomic E-state index is 12.5. The molecule has 1 aromatic carbocycles. The van der Waals surface area contributed by atoms with Gasteiger partial charge in [-0.3, -0.25) is 4.79 Å². The highest BCUT2D eigenvalue weighted by atomic mass is 79.9. The number of rotatable bonds is 7. The third-order valence-corrected chi connectivity index (χ3v) is 5.96. The van der Waals surface area contributed by atoms with Crippen molar-refractivity contribution >= 4 is 32.9 Å². The molecule has 0 saturated heterocycles. The van der Waals surface area contributed by atoms with E-state index in [2.05, 4.69) is 27.2 Å². The second-order valence-corrected chi connectivity index (χ2v) is 9.26. The third kappa shape index (κ3) is 4.52. The third-order valence-electron chi connectivity index (χ3n) is 3.77. The fourth-order valence-electron chi connectivity index (χ4n) is 2.29. The molecule has 0 aromatic heterocycles. The number of aliphatic carboxylic acids is 1. The molecule has 0 aliphatic heterocycles. The van der Waals surface area contributed by atoms with Gasteiger partial charge in [-0.05, 0) is 44.9 Å². The lowest BCUT2D eigenvalue weighted by atomic mass is 9.78. The Morgan fingerprint density at radius 1 is 1.39 bits per heavy atom. The number of nitrogens with one attached hydrogen (secondary N) is 1. The Hall–Kier alpha value is -0.980. The number of hydrogen-bond acceptors (Lipinski definition) is 2. The zero-order valence-electron chi connectivity index (χ0n) is 13.9. The summed E-state index contributed by atoms with van der Waals surface area (Å²) in [6.07, 6.45) is 1.88. The van der Waals surface area contributed by atoms with Crippen molar-refractivity contribution in [2.75, 3.05) is 0 Å². The Kier molecular flexibility index (Phi) is 6.74. The number of benzene rings is 1. The van der Waals surface area contributed by atoms with E-state index in [1.807, 2.05) is 24.3 Å². The normalized spacial score (nSPS) is 17.1. The van der Waals surface area contributed by atoms with Crippen LogP contribution in [-0.2, 0) is 15.8 Å². The number of carbonyl (C=O) groups is 1. The molecule has 0 radical (unpaired) electrons. The second kappa shape index (κ2) is 7.73. The predicted molar refractivity (Wildman–Crippen MR) is 98.8 cm³/mol. The maximum absolute atomic E-state index is 12.5. The average molecular weight is 402 g/mol. The van der Waals surface area contributed by atoms with Gasteiger partial charge in [0, 0.05) is 10.4 Å². The first-order valence-corrected chi connectivity index (χ1v) is 9.34. The highest BCUT2D eigenvalue weighted by Gasteiger charge is 2.46. The van der Waals surface area contributed by atoms with Gasteiger partial charge < -0.3 is 5.11 Å². The number of halogens is 1. The van der Waals surface area contributed by atoms with E-state index in [1.54, 1.807) is 33.8 Å². The summed E-state index contributed by atoms with van der Waals surface area (Å²) < 4.78 is 15.8. The summed E-state index contributed by atoms with van der Waals surface area (Å²) in [4.78, 5) is 12.1. The highest BCUT2D eigenvalue weighted by Crippen LogP contribution is 2.34. The van der Waals surface area contributed by atoms with Crippen molar-refractivity contribution in [3.05, 3.63) is 47.0 Å². The van der Waals surface area contributed by atoms with Crippen molar-refractivity contribution in [3.63, 3.8) is 0 Å². The molecule has 128 valence electrons. The van der Waals surface area contributed by atoms with Crippen LogP contribution in [0.4, 0.5) is 0 Å². The number of carboxylic acids is 1. The maximum Gasteiger partial charge on any atom is 0.325 e. The number of hydrogen-bond donors (Lipinski definition) is 2. The summed E-state index contributed by atoms with van der Waals surface area (Å²) in [6, 6.07) is 7.42. The molecule has 0 aliphatic carbocycles. The Morgan fingerprint density at radius 3 is 2.26 bits per heavy atom. The quantitative estimate of drug-likeness (QED) is 0.678. The van der Waals surface area contributed by atoms with E-state index in [9.17, 15) is 14.1 Å². The van der Waals surface area contributed by atoms with Gasteiger partial charge in [0.2, 0.25) is 0 Å². The van der Waals surface area contributed by atoms with Gasteiger partial charge in [0.25, 0.3) is 0 Å². The van der Waals surface area contributed by atoms with E-state index in [-0.39, 0.29) is 6.42 Å². The molecule has 1 aromatic rings. The SMILES string of the molecule is C=C[C@@H](c1ccc(Br)cc1)[C@](CC)(N[S@@](=O)C(C)(C)C)C(=O)O. The molecule has 1 rings (SSSR count). The monoisotopic (exact) mass is 401 g/mol. The van der Waals surface area contributed by atoms with Crippen LogP contribution in [0.3, 0.4) is 0 Å². The van der Waals surface area contributed by atoms with Crippen molar-refractivity contribution in [1.82, 2.24) is 4.72 Å². The zero-order chi connectivity index (χ0) is 17.8. The molecular weight excluding hydrogens is 378 g/mol. The van der Waals surface area contributed by atoms with Crippen molar-refractivity contribution in [1.29, 1.82) is 0 Å². The molecule has 0 heterocycles. The predicted octanol–water partition coefficient (Wildman–Crippen LogP) is 4.00. The average Bonchev–Trinajstić information content (AvgIpc) is 2.47. The minimum Gasteiger partial charge on any atom is -0.480 e. The molecule has 0 saturated carbocycles. The summed E-state index contributed by atoms with van der Waals surface area (Å²) in [7, 11) is -1.52. The van der Waals surface area contributed by atoms with E-state index in [0.29, 0.717) is 0 Å². The summed E-state index contributed by atoms with van der Waals surface area (Å²) in [5.41, 5.74) is -0.570. The van der Waals surface area contributed by atoms with Crippen LogP contribution in [0.1, 0.15) is 45.6 Å². The summed E-state index contributed by atoms with van der Waals surface area (Å²) in [5.74, 6) is -1.55. The summed E-state index contributed by atoms with van der Waals surface area (Å²) >= 11 is 3.37. The molecule has 3 atom stereocenters. The fraction of sp³-hybridized carbons (Fsp3) is 0.471. The largest absolute Gasteiger partial charge is 0.480 e. The van der Waals surface area contributed by atoms with E-state index in [4.69, 9.17) is 0 Å². The van der Waals surface area contributed by atoms with Crippen LogP contribution in [0, 0.1) is 0 Å². The lowest BCUT2D eigenvalue weighted by molar-refractivity contribution is -0.144. The molecule has 4 nitrogen and oxygen atoms in total. The highest BCUT2D eigenvalue weighted by molar-refractivity contribution is 9.10. The van der Waals surface area contributed by atoms with Crippen LogP contribution >= 0.6 is 15.9 Å². The van der Waals surface area contributed by atoms with Crippen molar-refractivity contribution in [2.24, 2.45) is 0 Å². The molecule has 23 heavy (non-hydrogen) atoms. The van der Waals surface area contributed by atoms with Crippen LogP contribution < -0.4 is 4.72 Å². The summed E-state index contributed by atoms with van der Waals surface area (Å²) in [5, 5.41) is 9.90. The van der Waals surface area contributed by atoms with Gasteiger partial charge in [0.15, 0.2) is 0 Å². The summed E-state index contributed by atoms with van der Waals surface area (Å²) in [6.45, 7) is 11.0. The standard InChI is InChI=1S/C17H24BrNO3S/c1-6-14(12-8-10-13(18)11-9-12)17(7-2,15(20)21)19-23(22)16(3,4)5/h6,8-11,14,19H,1,7H2,2-5H3,(H,20,21)/t14-,17-,23-/m0/s1. The molecule has 0 fully saturated rings. The van der Waals surface area contributed by atoms with Crippen molar-refractivity contribution in [3.8, 4) is 0 Å². The Balaban J connectivity index is 3.37. The molecule has 0 unspecified atom stereocenters. The van der Waals surface area contributed by atoms with Gasteiger partial charge in [-0.25, -0.2) is 8.93 Å². The van der Waals surface area contributed by atoms with Crippen LogP contribution in [0.2, 0.25) is 0 Å². The van der Waals surface area contributed by atoms with Gasteiger partial charge in [-0.2, -0.15) is 0 Å². The van der Waals surface area contributed by atoms with Gasteiger partial charge in [-0.1, -0.05) is 41.1 Å². The smallest absolute Gasteiger partial charge is 0.325 e. The van der Waals surface area contributed by atoms with Gasteiger partial charge in [0.05, 0.1) is 15.7 Å². The first-order valence-electron chi connectivity index (χ1n) is 7.39. The van der Waals surface area contributed by atoms with Crippen LogP contribution in [0.25, 0.3) is 0 Å². The molecule has 0 spiro atoms. The molecule has 0 aliphatic rings. The molecule has 0 amide bonds. The Bertz CT molecular complexity index is 595. The van der Waals surface area contributed by atoms with E-state index in [0.717, 1.165) is 10.0 Å². The van der Waals surface area contributed by atoms with Gasteiger partial charge in [0.1, 0.15) is 5.54 Å². The first kappa shape index (κ1) is 20.1. The fourth-order valence-corrected chi connectivity index (χ4v) is 3.55. The lowest BCUT2D eigenvalue weighted by Gasteiger charge is -2.37. The molecule has 0 bridgehead atoms. The molecule has 2 N–H and O–H groups in total. The number of carboxylic acid groups (broad SMARTS) is 1. The Labute approximate surface area is 149 Å². The van der Waals surface area contributed by atoms with Gasteiger partial charge >= 0.3 is 5.97 Å².